The van der Waals surface area contributed by atoms with Crippen molar-refractivity contribution >= 4 is 11.8 Å². The molecular weight excluding hydrogens is 144 g/mol. The first-order valence-corrected chi connectivity index (χ1v) is 3.54. The van der Waals surface area contributed by atoms with Gasteiger partial charge in [-0.3, -0.25) is 9.59 Å². The molecular formula is C7H14N2O2. The third-order valence-electron chi connectivity index (χ3n) is 1.35. The molecule has 0 fully saturated rings. The second kappa shape index (κ2) is 4.71. The van der Waals surface area contributed by atoms with E-state index in [0.29, 0.717) is 6.54 Å². The molecule has 4 heteroatoms. The largest absolute Gasteiger partial charge is 0.359 e. The predicted octanol–water partition coefficient (Wildman–Crippen LogP) is -0.495. The van der Waals surface area contributed by atoms with Crippen LogP contribution in [0.25, 0.3) is 0 Å². The number of rotatable bonds is 3. The minimum Gasteiger partial charge on any atom is -0.359 e. The average Bonchev–Trinajstić information content (AvgIpc) is 1.98. The first kappa shape index (κ1) is 9.94. The van der Waals surface area contributed by atoms with E-state index in [1.54, 1.807) is 14.0 Å². The van der Waals surface area contributed by atoms with Gasteiger partial charge in [-0.05, 0) is 0 Å². The van der Waals surface area contributed by atoms with Crippen LogP contribution in [0.2, 0.25) is 0 Å². The highest BCUT2D eigenvalue weighted by Crippen LogP contribution is 1.90. The third kappa shape index (κ3) is 4.36. The van der Waals surface area contributed by atoms with E-state index in [9.17, 15) is 9.59 Å². The number of carbonyl (C=O) groups is 2. The van der Waals surface area contributed by atoms with Crippen LogP contribution in [0.4, 0.5) is 0 Å². The summed E-state index contributed by atoms with van der Waals surface area (Å²) in [6.45, 7) is 3.58. The second-order valence-corrected chi connectivity index (χ2v) is 2.45. The van der Waals surface area contributed by atoms with Gasteiger partial charge < -0.3 is 10.6 Å². The fourth-order valence-electron chi connectivity index (χ4n) is 0.636. The van der Waals surface area contributed by atoms with E-state index in [2.05, 4.69) is 10.6 Å². The van der Waals surface area contributed by atoms with Gasteiger partial charge in [0.15, 0.2) is 0 Å². The predicted molar refractivity (Wildman–Crippen MR) is 41.9 cm³/mol. The highest BCUT2D eigenvalue weighted by molar-refractivity contribution is 5.79. The fraction of sp³-hybridized carbons (Fsp3) is 0.714. The van der Waals surface area contributed by atoms with E-state index in [0.717, 1.165) is 0 Å². The zero-order chi connectivity index (χ0) is 8.85. The normalized spacial score (nSPS) is 11.9. The van der Waals surface area contributed by atoms with Gasteiger partial charge in [-0.25, -0.2) is 0 Å². The average molecular weight is 158 g/mol. The first-order valence-electron chi connectivity index (χ1n) is 3.54. The molecule has 64 valence electrons. The van der Waals surface area contributed by atoms with E-state index < -0.39 is 0 Å². The Hall–Kier alpha value is -1.06. The quantitative estimate of drug-likeness (QED) is 0.582. The third-order valence-corrected chi connectivity index (χ3v) is 1.35. The Morgan fingerprint density at radius 1 is 1.45 bits per heavy atom. The van der Waals surface area contributed by atoms with E-state index in [-0.39, 0.29) is 17.7 Å². The molecule has 0 saturated carbocycles. The summed E-state index contributed by atoms with van der Waals surface area (Å²) in [7, 11) is 1.58. The van der Waals surface area contributed by atoms with Gasteiger partial charge in [-0.1, -0.05) is 6.92 Å². The smallest absolute Gasteiger partial charge is 0.224 e. The van der Waals surface area contributed by atoms with Crippen LogP contribution in [0.5, 0.6) is 0 Å². The second-order valence-electron chi connectivity index (χ2n) is 2.45. The van der Waals surface area contributed by atoms with Crippen molar-refractivity contribution in [3.63, 3.8) is 0 Å². The van der Waals surface area contributed by atoms with Crippen LogP contribution in [-0.2, 0) is 9.59 Å². The number of hydrogen-bond acceptors (Lipinski definition) is 2. The van der Waals surface area contributed by atoms with Gasteiger partial charge >= 0.3 is 0 Å². The summed E-state index contributed by atoms with van der Waals surface area (Å²) in [5.41, 5.74) is 0. The summed E-state index contributed by atoms with van der Waals surface area (Å²) >= 11 is 0. The molecule has 0 bridgehead atoms. The minimum atomic E-state index is -0.163. The monoisotopic (exact) mass is 158 g/mol. The van der Waals surface area contributed by atoms with Crippen molar-refractivity contribution in [3.8, 4) is 0 Å². The number of nitrogens with one attached hydrogen (secondary N) is 2. The number of hydrogen-bond donors (Lipinski definition) is 2. The standard InChI is InChI=1S/C7H14N2O2/c1-5(7(11)8-3)4-9-6(2)10/h5H,4H2,1-3H3,(H,8,11)(H,9,10)/t5-/m0/s1. The molecule has 0 saturated heterocycles. The maximum atomic E-state index is 10.9. The maximum Gasteiger partial charge on any atom is 0.224 e. The van der Waals surface area contributed by atoms with Gasteiger partial charge in [0.1, 0.15) is 0 Å². The van der Waals surface area contributed by atoms with Crippen molar-refractivity contribution in [2.75, 3.05) is 13.6 Å². The van der Waals surface area contributed by atoms with Crippen molar-refractivity contribution < 1.29 is 9.59 Å². The molecule has 0 aliphatic heterocycles. The van der Waals surface area contributed by atoms with Crippen LogP contribution in [0, 0.1) is 5.92 Å². The summed E-state index contributed by atoms with van der Waals surface area (Å²) in [6, 6.07) is 0. The van der Waals surface area contributed by atoms with Gasteiger partial charge in [0, 0.05) is 20.5 Å². The summed E-state index contributed by atoms with van der Waals surface area (Å²) in [4.78, 5) is 21.3. The van der Waals surface area contributed by atoms with Gasteiger partial charge in [0.2, 0.25) is 11.8 Å². The van der Waals surface area contributed by atoms with Crippen LogP contribution >= 0.6 is 0 Å². The van der Waals surface area contributed by atoms with E-state index in [1.807, 2.05) is 0 Å². The highest BCUT2D eigenvalue weighted by Gasteiger charge is 2.09. The lowest BCUT2D eigenvalue weighted by atomic mass is 10.1. The van der Waals surface area contributed by atoms with Gasteiger partial charge in [0.05, 0.1) is 5.92 Å². The van der Waals surface area contributed by atoms with Crippen molar-refractivity contribution in [3.05, 3.63) is 0 Å². The molecule has 0 radical (unpaired) electrons. The van der Waals surface area contributed by atoms with Crippen LogP contribution < -0.4 is 10.6 Å². The minimum absolute atomic E-state index is 0.0567. The summed E-state index contributed by atoms with van der Waals surface area (Å²) in [5, 5.41) is 5.06. The van der Waals surface area contributed by atoms with Gasteiger partial charge in [-0.15, -0.1) is 0 Å². The fourth-order valence-corrected chi connectivity index (χ4v) is 0.636. The van der Waals surface area contributed by atoms with Crippen molar-refractivity contribution in [1.29, 1.82) is 0 Å². The summed E-state index contributed by atoms with van der Waals surface area (Å²) in [5.74, 6) is -0.330. The molecule has 0 aliphatic rings. The highest BCUT2D eigenvalue weighted by atomic mass is 16.2. The molecule has 0 rings (SSSR count). The Labute approximate surface area is 66.4 Å². The molecule has 0 unspecified atom stereocenters. The topological polar surface area (TPSA) is 58.2 Å². The molecule has 0 aromatic rings. The Kier molecular flexibility index (Phi) is 4.26. The molecule has 0 heterocycles. The van der Waals surface area contributed by atoms with Crippen LogP contribution in [-0.4, -0.2) is 25.4 Å². The lowest BCUT2D eigenvalue weighted by molar-refractivity contribution is -0.124. The molecule has 11 heavy (non-hydrogen) atoms. The molecule has 0 aromatic heterocycles. The molecule has 2 amide bonds. The molecule has 0 spiro atoms. The zero-order valence-corrected chi connectivity index (χ0v) is 7.10. The van der Waals surface area contributed by atoms with Crippen molar-refractivity contribution in [2.24, 2.45) is 5.92 Å². The Balaban J connectivity index is 3.60. The SMILES string of the molecule is CNC(=O)[C@@H](C)CNC(C)=O. The summed E-state index contributed by atoms with van der Waals surface area (Å²) in [6.07, 6.45) is 0. The maximum absolute atomic E-state index is 10.9. The van der Waals surface area contributed by atoms with E-state index in [4.69, 9.17) is 0 Å². The zero-order valence-electron chi connectivity index (χ0n) is 7.10. The molecule has 1 atom stereocenters. The van der Waals surface area contributed by atoms with Crippen molar-refractivity contribution in [2.45, 2.75) is 13.8 Å². The molecule has 2 N–H and O–H groups in total. The lowest BCUT2D eigenvalue weighted by Gasteiger charge is -2.09. The number of amides is 2. The Morgan fingerprint density at radius 3 is 2.36 bits per heavy atom. The van der Waals surface area contributed by atoms with Crippen LogP contribution in [0.3, 0.4) is 0 Å². The van der Waals surface area contributed by atoms with Gasteiger partial charge in [0.25, 0.3) is 0 Å². The van der Waals surface area contributed by atoms with E-state index >= 15 is 0 Å². The Bertz CT molecular complexity index is 157. The summed E-state index contributed by atoms with van der Waals surface area (Å²) < 4.78 is 0. The van der Waals surface area contributed by atoms with Crippen molar-refractivity contribution in [1.82, 2.24) is 10.6 Å². The van der Waals surface area contributed by atoms with Crippen LogP contribution in [0.15, 0.2) is 0 Å². The molecule has 4 nitrogen and oxygen atoms in total. The number of carbonyl (C=O) groups excluding carboxylic acids is 2. The lowest BCUT2D eigenvalue weighted by Crippen LogP contribution is -2.34. The van der Waals surface area contributed by atoms with E-state index in [1.165, 1.54) is 6.92 Å². The first-order chi connectivity index (χ1) is 5.07. The molecule has 0 aromatic carbocycles. The van der Waals surface area contributed by atoms with Gasteiger partial charge in [-0.2, -0.15) is 0 Å². The van der Waals surface area contributed by atoms with Crippen LogP contribution in [0.1, 0.15) is 13.8 Å². The molecule has 0 aliphatic carbocycles. The Morgan fingerprint density at radius 2 is 2.00 bits per heavy atom.